The van der Waals surface area contributed by atoms with Crippen LogP contribution in [-0.4, -0.2) is 56.1 Å². The Bertz CT molecular complexity index is 171. The maximum Gasteiger partial charge on any atom is 0.0223 e. The van der Waals surface area contributed by atoms with Crippen molar-refractivity contribution >= 4 is 0 Å². The summed E-state index contributed by atoms with van der Waals surface area (Å²) in [4.78, 5) is 5.00. The molecule has 1 aliphatic rings. The molecule has 0 aromatic rings. The quantitative estimate of drug-likeness (QED) is 0.638. The topological polar surface area (TPSA) is 32.5 Å². The first-order valence-corrected chi connectivity index (χ1v) is 6.83. The fourth-order valence-electron chi connectivity index (χ4n) is 2.63. The van der Waals surface area contributed by atoms with Crippen LogP contribution < -0.4 is 5.73 Å². The largest absolute Gasteiger partial charge is 0.330 e. The molecule has 16 heavy (non-hydrogen) atoms. The number of likely N-dealkylation sites (N-methyl/N-ethyl adjacent to an activating group) is 1. The molecule has 2 N–H and O–H groups in total. The van der Waals surface area contributed by atoms with Crippen LogP contribution in [0.15, 0.2) is 0 Å². The van der Waals surface area contributed by atoms with Crippen molar-refractivity contribution in [3.63, 3.8) is 0 Å². The zero-order chi connectivity index (χ0) is 11.8. The van der Waals surface area contributed by atoms with Crippen LogP contribution in [0, 0.1) is 0 Å². The predicted octanol–water partition coefficient (Wildman–Crippen LogP) is 1.53. The van der Waals surface area contributed by atoms with Crippen LogP contribution in [0.3, 0.4) is 0 Å². The van der Waals surface area contributed by atoms with Crippen molar-refractivity contribution in [1.82, 2.24) is 9.80 Å². The first kappa shape index (κ1) is 13.9. The molecule has 0 amide bonds. The van der Waals surface area contributed by atoms with E-state index in [9.17, 15) is 0 Å². The van der Waals surface area contributed by atoms with E-state index in [4.69, 9.17) is 5.73 Å². The predicted molar refractivity (Wildman–Crippen MR) is 70.7 cm³/mol. The molecule has 0 aromatic carbocycles. The molecule has 96 valence electrons. The minimum atomic E-state index is 0.810. The standard InChI is InChI=1S/C13H29N3/c1-15(2)12-13-8-7-11-16(13)10-6-4-3-5-9-14/h13H,3-12,14H2,1-2H3. The van der Waals surface area contributed by atoms with E-state index < -0.39 is 0 Å². The van der Waals surface area contributed by atoms with E-state index in [1.54, 1.807) is 0 Å². The van der Waals surface area contributed by atoms with Gasteiger partial charge < -0.3 is 10.6 Å². The van der Waals surface area contributed by atoms with Gasteiger partial charge in [0.05, 0.1) is 0 Å². The lowest BCUT2D eigenvalue weighted by molar-refractivity contribution is 0.204. The van der Waals surface area contributed by atoms with E-state index in [1.807, 2.05) is 0 Å². The summed E-state index contributed by atoms with van der Waals surface area (Å²) < 4.78 is 0. The summed E-state index contributed by atoms with van der Waals surface area (Å²) in [6, 6.07) is 0.810. The second-order valence-corrected chi connectivity index (χ2v) is 5.30. The molecule has 1 unspecified atom stereocenters. The molecule has 3 nitrogen and oxygen atoms in total. The summed E-state index contributed by atoms with van der Waals surface area (Å²) >= 11 is 0. The van der Waals surface area contributed by atoms with Gasteiger partial charge in [0, 0.05) is 12.6 Å². The van der Waals surface area contributed by atoms with Crippen molar-refractivity contribution in [2.45, 2.75) is 44.6 Å². The molecule has 0 aliphatic carbocycles. The Kier molecular flexibility index (Phi) is 7.01. The molecule has 1 saturated heterocycles. The summed E-state index contributed by atoms with van der Waals surface area (Å²) in [5.74, 6) is 0. The number of likely N-dealkylation sites (tertiary alicyclic amines) is 1. The Morgan fingerprint density at radius 3 is 2.62 bits per heavy atom. The van der Waals surface area contributed by atoms with E-state index in [-0.39, 0.29) is 0 Å². The number of nitrogens with two attached hydrogens (primary N) is 1. The van der Waals surface area contributed by atoms with Gasteiger partial charge in [0.1, 0.15) is 0 Å². The van der Waals surface area contributed by atoms with Crippen molar-refractivity contribution in [3.05, 3.63) is 0 Å². The third kappa shape index (κ3) is 5.28. The van der Waals surface area contributed by atoms with Crippen molar-refractivity contribution < 1.29 is 0 Å². The zero-order valence-corrected chi connectivity index (χ0v) is 11.1. The van der Waals surface area contributed by atoms with Gasteiger partial charge in [-0.15, -0.1) is 0 Å². The fourth-order valence-corrected chi connectivity index (χ4v) is 2.63. The molecule has 0 saturated carbocycles. The number of hydrogen-bond donors (Lipinski definition) is 1. The Morgan fingerprint density at radius 2 is 1.94 bits per heavy atom. The molecule has 1 rings (SSSR count). The minimum absolute atomic E-state index is 0.810. The molecule has 1 fully saturated rings. The second-order valence-electron chi connectivity index (χ2n) is 5.30. The minimum Gasteiger partial charge on any atom is -0.330 e. The van der Waals surface area contributed by atoms with Crippen LogP contribution in [-0.2, 0) is 0 Å². The van der Waals surface area contributed by atoms with Gasteiger partial charge in [0.15, 0.2) is 0 Å². The van der Waals surface area contributed by atoms with E-state index >= 15 is 0 Å². The number of nitrogens with zero attached hydrogens (tertiary/aromatic N) is 2. The van der Waals surface area contributed by atoms with Gasteiger partial charge in [-0.2, -0.15) is 0 Å². The zero-order valence-electron chi connectivity index (χ0n) is 11.1. The highest BCUT2D eigenvalue weighted by Crippen LogP contribution is 2.18. The van der Waals surface area contributed by atoms with Crippen molar-refractivity contribution in [1.29, 1.82) is 0 Å². The Hall–Kier alpha value is -0.120. The Labute approximate surface area is 101 Å². The highest BCUT2D eigenvalue weighted by molar-refractivity contribution is 4.80. The van der Waals surface area contributed by atoms with Crippen LogP contribution in [0.4, 0.5) is 0 Å². The smallest absolute Gasteiger partial charge is 0.0223 e. The van der Waals surface area contributed by atoms with E-state index in [1.165, 1.54) is 58.2 Å². The van der Waals surface area contributed by atoms with Gasteiger partial charge in [-0.3, -0.25) is 4.90 Å². The average Bonchev–Trinajstić information content (AvgIpc) is 2.64. The van der Waals surface area contributed by atoms with Crippen molar-refractivity contribution in [2.24, 2.45) is 5.73 Å². The van der Waals surface area contributed by atoms with E-state index in [0.717, 1.165) is 12.6 Å². The van der Waals surface area contributed by atoms with Gasteiger partial charge in [-0.05, 0) is 59.4 Å². The molecule has 1 aliphatic heterocycles. The number of unbranched alkanes of at least 4 members (excludes halogenated alkanes) is 3. The van der Waals surface area contributed by atoms with Gasteiger partial charge in [-0.1, -0.05) is 12.8 Å². The maximum atomic E-state index is 5.49. The average molecular weight is 227 g/mol. The Balaban J connectivity index is 2.10. The molecular formula is C13H29N3. The first-order chi connectivity index (χ1) is 7.74. The van der Waals surface area contributed by atoms with Crippen LogP contribution in [0.25, 0.3) is 0 Å². The molecule has 1 atom stereocenters. The van der Waals surface area contributed by atoms with E-state index in [0.29, 0.717) is 0 Å². The van der Waals surface area contributed by atoms with E-state index in [2.05, 4.69) is 23.9 Å². The molecule has 0 bridgehead atoms. The highest BCUT2D eigenvalue weighted by Gasteiger charge is 2.23. The molecule has 0 spiro atoms. The molecule has 0 radical (unpaired) electrons. The van der Waals surface area contributed by atoms with Gasteiger partial charge in [-0.25, -0.2) is 0 Å². The van der Waals surface area contributed by atoms with Crippen LogP contribution in [0.2, 0.25) is 0 Å². The third-order valence-corrected chi connectivity index (χ3v) is 3.47. The highest BCUT2D eigenvalue weighted by atomic mass is 15.2. The van der Waals surface area contributed by atoms with Gasteiger partial charge in [0.2, 0.25) is 0 Å². The summed E-state index contributed by atoms with van der Waals surface area (Å²) in [7, 11) is 4.36. The Morgan fingerprint density at radius 1 is 1.19 bits per heavy atom. The first-order valence-electron chi connectivity index (χ1n) is 6.83. The van der Waals surface area contributed by atoms with Crippen molar-refractivity contribution in [3.8, 4) is 0 Å². The SMILES string of the molecule is CN(C)CC1CCCN1CCCCCCN. The summed E-state index contributed by atoms with van der Waals surface area (Å²) in [5.41, 5.74) is 5.49. The van der Waals surface area contributed by atoms with Gasteiger partial charge in [0.25, 0.3) is 0 Å². The lowest BCUT2D eigenvalue weighted by atomic mass is 10.1. The lowest BCUT2D eigenvalue weighted by Crippen LogP contribution is -2.38. The van der Waals surface area contributed by atoms with Gasteiger partial charge >= 0.3 is 0 Å². The monoisotopic (exact) mass is 227 g/mol. The summed E-state index contributed by atoms with van der Waals surface area (Å²) in [6.45, 7) is 4.69. The lowest BCUT2D eigenvalue weighted by Gasteiger charge is -2.26. The van der Waals surface area contributed by atoms with Crippen LogP contribution >= 0.6 is 0 Å². The fraction of sp³-hybridized carbons (Fsp3) is 1.00. The van der Waals surface area contributed by atoms with Crippen LogP contribution in [0.1, 0.15) is 38.5 Å². The van der Waals surface area contributed by atoms with Crippen molar-refractivity contribution in [2.75, 3.05) is 40.3 Å². The normalized spacial score (nSPS) is 22.1. The number of rotatable bonds is 8. The second kappa shape index (κ2) is 8.04. The molecule has 1 heterocycles. The number of hydrogen-bond acceptors (Lipinski definition) is 3. The molecule has 3 heteroatoms. The molecular weight excluding hydrogens is 198 g/mol. The third-order valence-electron chi connectivity index (χ3n) is 3.47. The maximum absolute atomic E-state index is 5.49. The summed E-state index contributed by atoms with van der Waals surface area (Å²) in [5, 5.41) is 0. The molecule has 0 aromatic heterocycles. The van der Waals surface area contributed by atoms with Crippen LogP contribution in [0.5, 0.6) is 0 Å². The summed E-state index contributed by atoms with van der Waals surface area (Å²) in [6.07, 6.45) is 7.98.